The van der Waals surface area contributed by atoms with Crippen molar-refractivity contribution in [3.63, 3.8) is 0 Å². The molecule has 0 saturated heterocycles. The summed E-state index contributed by atoms with van der Waals surface area (Å²) in [5, 5.41) is 10.0. The van der Waals surface area contributed by atoms with Crippen molar-refractivity contribution in [2.45, 2.75) is 0 Å². The lowest BCUT2D eigenvalue weighted by Crippen LogP contribution is -1.93. The fraction of sp³-hybridized carbons (Fsp3) is 0.0625. The molecule has 2 aromatic heterocycles. The molecule has 2 heterocycles. The number of aryl methyl sites for hydroxylation is 1. The molecule has 0 saturated carbocycles. The monoisotopic (exact) mass is 328 g/mol. The maximum atomic E-state index is 9.03. The first-order valence-electron chi connectivity index (χ1n) is 6.43. The number of benzene rings is 1. The summed E-state index contributed by atoms with van der Waals surface area (Å²) in [6.07, 6.45) is 3.30. The number of imidazole rings is 1. The first-order chi connectivity index (χ1) is 10.6. The number of nitrogens with zero attached hydrogens (tertiary/aromatic N) is 4. The molecule has 0 fully saturated rings. The quantitative estimate of drug-likeness (QED) is 0.703. The fourth-order valence-corrected chi connectivity index (χ4v) is 2.53. The molecule has 4 nitrogen and oxygen atoms in total. The smallest absolute Gasteiger partial charge is 0.115 e. The van der Waals surface area contributed by atoms with E-state index in [-0.39, 0.29) is 0 Å². The second-order valence-electron chi connectivity index (χ2n) is 4.72. The molecular formula is C16H10Cl2N4. The largest absolute Gasteiger partial charge is 0.333 e. The van der Waals surface area contributed by atoms with E-state index in [2.05, 4.69) is 16.0 Å². The highest BCUT2D eigenvalue weighted by atomic mass is 35.5. The predicted octanol–water partition coefficient (Wildman–Crippen LogP) is 4.33. The molecule has 0 N–H and O–H groups in total. The number of hydrogen-bond acceptors (Lipinski definition) is 3. The van der Waals surface area contributed by atoms with Gasteiger partial charge in [-0.15, -0.1) is 0 Å². The van der Waals surface area contributed by atoms with Crippen LogP contribution in [0.15, 0.2) is 42.9 Å². The summed E-state index contributed by atoms with van der Waals surface area (Å²) < 4.78 is 1.88. The molecule has 0 aliphatic carbocycles. The zero-order chi connectivity index (χ0) is 15.7. The Labute approximate surface area is 137 Å². The Kier molecular flexibility index (Phi) is 3.84. The molecule has 22 heavy (non-hydrogen) atoms. The first-order valence-corrected chi connectivity index (χ1v) is 7.19. The molecule has 0 amide bonds. The summed E-state index contributed by atoms with van der Waals surface area (Å²) in [4.78, 5) is 8.72. The topological polar surface area (TPSA) is 54.5 Å². The Morgan fingerprint density at radius 1 is 1.09 bits per heavy atom. The van der Waals surface area contributed by atoms with E-state index in [0.717, 1.165) is 11.3 Å². The van der Waals surface area contributed by atoms with E-state index in [9.17, 15) is 0 Å². The number of pyridine rings is 1. The number of rotatable bonds is 2. The van der Waals surface area contributed by atoms with Gasteiger partial charge in [0.25, 0.3) is 0 Å². The maximum absolute atomic E-state index is 9.03. The summed E-state index contributed by atoms with van der Waals surface area (Å²) in [6.45, 7) is 0. The van der Waals surface area contributed by atoms with Crippen LogP contribution in [0.2, 0.25) is 10.0 Å². The second kappa shape index (κ2) is 5.80. The zero-order valence-electron chi connectivity index (χ0n) is 11.6. The summed E-state index contributed by atoms with van der Waals surface area (Å²) in [6, 6.07) is 10.9. The molecular weight excluding hydrogens is 319 g/mol. The zero-order valence-corrected chi connectivity index (χ0v) is 13.1. The lowest BCUT2D eigenvalue weighted by Gasteiger charge is -2.07. The second-order valence-corrected chi connectivity index (χ2v) is 5.54. The van der Waals surface area contributed by atoms with Gasteiger partial charge in [0.2, 0.25) is 0 Å². The van der Waals surface area contributed by atoms with Crippen molar-refractivity contribution in [1.82, 2.24) is 14.5 Å². The molecule has 108 valence electrons. The van der Waals surface area contributed by atoms with Crippen molar-refractivity contribution in [1.29, 1.82) is 5.26 Å². The van der Waals surface area contributed by atoms with E-state index in [1.807, 2.05) is 17.7 Å². The van der Waals surface area contributed by atoms with Crippen LogP contribution < -0.4 is 0 Å². The van der Waals surface area contributed by atoms with Gasteiger partial charge in [-0.05, 0) is 24.3 Å². The van der Waals surface area contributed by atoms with E-state index < -0.39 is 0 Å². The summed E-state index contributed by atoms with van der Waals surface area (Å²) in [7, 11) is 1.89. The van der Waals surface area contributed by atoms with Crippen molar-refractivity contribution < 1.29 is 0 Å². The fourth-order valence-electron chi connectivity index (χ4n) is 2.23. The van der Waals surface area contributed by atoms with Gasteiger partial charge in [-0.25, -0.2) is 4.98 Å². The van der Waals surface area contributed by atoms with Crippen molar-refractivity contribution in [2.75, 3.05) is 0 Å². The Morgan fingerprint density at radius 3 is 2.64 bits per heavy atom. The number of nitriles is 1. The van der Waals surface area contributed by atoms with Crippen molar-refractivity contribution in [3.8, 4) is 28.7 Å². The van der Waals surface area contributed by atoms with Gasteiger partial charge in [0.05, 0.1) is 39.4 Å². The Balaban J connectivity index is 2.19. The predicted molar refractivity (Wildman–Crippen MR) is 86.6 cm³/mol. The Hall–Kier alpha value is -2.35. The summed E-state index contributed by atoms with van der Waals surface area (Å²) in [5.41, 5.74) is 3.61. The Bertz CT molecular complexity index is 893. The average molecular weight is 329 g/mol. The highest BCUT2D eigenvalue weighted by molar-refractivity contribution is 6.42. The van der Waals surface area contributed by atoms with Crippen molar-refractivity contribution in [3.05, 3.63) is 58.5 Å². The van der Waals surface area contributed by atoms with Gasteiger partial charge in [-0.1, -0.05) is 29.3 Å². The first kappa shape index (κ1) is 14.6. The molecule has 0 spiro atoms. The third kappa shape index (κ3) is 2.57. The Morgan fingerprint density at radius 2 is 1.91 bits per heavy atom. The lowest BCUT2D eigenvalue weighted by atomic mass is 10.1. The van der Waals surface area contributed by atoms with Crippen LogP contribution in [0.1, 0.15) is 5.56 Å². The molecule has 0 atom stereocenters. The molecule has 3 rings (SSSR count). The van der Waals surface area contributed by atoms with Crippen LogP contribution in [0.4, 0.5) is 0 Å². The van der Waals surface area contributed by atoms with Gasteiger partial charge < -0.3 is 4.57 Å². The van der Waals surface area contributed by atoms with E-state index in [0.29, 0.717) is 27.0 Å². The van der Waals surface area contributed by atoms with Gasteiger partial charge >= 0.3 is 0 Å². The molecule has 0 unspecified atom stereocenters. The molecule has 1 aromatic carbocycles. The van der Waals surface area contributed by atoms with Gasteiger partial charge in [0.1, 0.15) is 5.69 Å². The minimum atomic E-state index is 0.477. The van der Waals surface area contributed by atoms with E-state index in [1.54, 1.807) is 36.8 Å². The molecule has 3 aromatic rings. The van der Waals surface area contributed by atoms with Crippen LogP contribution in [-0.4, -0.2) is 14.5 Å². The van der Waals surface area contributed by atoms with E-state index in [1.165, 1.54) is 0 Å². The molecule has 0 aliphatic rings. The van der Waals surface area contributed by atoms with Gasteiger partial charge in [0.15, 0.2) is 0 Å². The van der Waals surface area contributed by atoms with Crippen LogP contribution in [0, 0.1) is 11.3 Å². The summed E-state index contributed by atoms with van der Waals surface area (Å²) in [5.74, 6) is 0. The van der Waals surface area contributed by atoms with E-state index in [4.69, 9.17) is 28.5 Å². The van der Waals surface area contributed by atoms with E-state index >= 15 is 0 Å². The van der Waals surface area contributed by atoms with Gasteiger partial charge in [-0.3, -0.25) is 4.98 Å². The minimum absolute atomic E-state index is 0.477. The molecule has 0 aliphatic heterocycles. The molecule has 6 heteroatoms. The lowest BCUT2D eigenvalue weighted by molar-refractivity contribution is 0.921. The number of halogens is 2. The van der Waals surface area contributed by atoms with Crippen LogP contribution in [0.3, 0.4) is 0 Å². The highest BCUT2D eigenvalue weighted by Crippen LogP contribution is 2.33. The third-order valence-corrected chi connectivity index (χ3v) is 4.00. The van der Waals surface area contributed by atoms with Gasteiger partial charge in [0, 0.05) is 18.8 Å². The van der Waals surface area contributed by atoms with Gasteiger partial charge in [-0.2, -0.15) is 5.26 Å². The average Bonchev–Trinajstić information content (AvgIpc) is 2.92. The van der Waals surface area contributed by atoms with Crippen LogP contribution >= 0.6 is 23.2 Å². The normalized spacial score (nSPS) is 10.5. The van der Waals surface area contributed by atoms with Crippen LogP contribution in [0.25, 0.3) is 22.6 Å². The third-order valence-electron chi connectivity index (χ3n) is 3.26. The molecule has 0 radical (unpaired) electrons. The van der Waals surface area contributed by atoms with Crippen LogP contribution in [-0.2, 0) is 7.05 Å². The molecule has 0 bridgehead atoms. The van der Waals surface area contributed by atoms with Crippen molar-refractivity contribution in [2.24, 2.45) is 7.05 Å². The minimum Gasteiger partial charge on any atom is -0.333 e. The van der Waals surface area contributed by atoms with Crippen molar-refractivity contribution >= 4 is 23.2 Å². The number of aromatic nitrogens is 3. The summed E-state index contributed by atoms with van der Waals surface area (Å²) >= 11 is 12.1. The SMILES string of the molecule is Cn1cnc(-c2cc(C#N)ccn2)c1-c1ccc(Cl)c(Cl)c1. The number of hydrogen-bond donors (Lipinski definition) is 0. The standard InChI is InChI=1S/C16H10Cl2N4/c1-22-9-21-15(14-6-10(8-19)4-5-20-14)16(22)11-2-3-12(17)13(18)7-11/h2-7,9H,1H3. The highest BCUT2D eigenvalue weighted by Gasteiger charge is 2.15. The maximum Gasteiger partial charge on any atom is 0.115 e. The van der Waals surface area contributed by atoms with Crippen LogP contribution in [0.5, 0.6) is 0 Å².